The van der Waals surface area contributed by atoms with E-state index in [1.54, 1.807) is 18.2 Å². The number of hydrogen-bond acceptors (Lipinski definition) is 3. The molecule has 114 valence electrons. The second kappa shape index (κ2) is 7.43. The van der Waals surface area contributed by atoms with Crippen LogP contribution in [0.4, 0.5) is 5.69 Å². The summed E-state index contributed by atoms with van der Waals surface area (Å²) in [6.45, 7) is 4.07. The van der Waals surface area contributed by atoms with E-state index in [1.165, 1.54) is 0 Å². The fourth-order valence-corrected chi connectivity index (χ4v) is 2.56. The summed E-state index contributed by atoms with van der Waals surface area (Å²) in [7, 11) is 0. The normalized spacial score (nSPS) is 15.5. The van der Waals surface area contributed by atoms with Gasteiger partial charge in [-0.15, -0.1) is 0 Å². The standard InChI is InChI=1S/C15H20ClN3O2/c1-2-18-15(21)12-4-3-11(16)9-13(12)19-14(20)10-5-7-17-8-6-10/h3-4,9-10,17H,2,5-8H2,1H3,(H,18,21)(H,19,20). The summed E-state index contributed by atoms with van der Waals surface area (Å²) < 4.78 is 0. The summed E-state index contributed by atoms with van der Waals surface area (Å²) in [5.74, 6) is -0.286. The van der Waals surface area contributed by atoms with Gasteiger partial charge in [0.05, 0.1) is 11.3 Å². The van der Waals surface area contributed by atoms with E-state index in [2.05, 4.69) is 16.0 Å². The molecule has 1 aromatic carbocycles. The summed E-state index contributed by atoms with van der Waals surface area (Å²) in [6.07, 6.45) is 1.62. The zero-order chi connectivity index (χ0) is 15.2. The number of piperidine rings is 1. The molecule has 3 N–H and O–H groups in total. The van der Waals surface area contributed by atoms with Crippen LogP contribution in [-0.2, 0) is 4.79 Å². The molecule has 1 aliphatic heterocycles. The number of hydrogen-bond donors (Lipinski definition) is 3. The number of carbonyl (C=O) groups excluding carboxylic acids is 2. The predicted octanol–water partition coefficient (Wildman–Crippen LogP) is 2.03. The van der Waals surface area contributed by atoms with E-state index < -0.39 is 0 Å². The van der Waals surface area contributed by atoms with E-state index in [9.17, 15) is 9.59 Å². The third kappa shape index (κ3) is 4.19. The van der Waals surface area contributed by atoms with Crippen molar-refractivity contribution in [1.82, 2.24) is 10.6 Å². The Labute approximate surface area is 129 Å². The Kier molecular flexibility index (Phi) is 5.59. The first kappa shape index (κ1) is 15.8. The fourth-order valence-electron chi connectivity index (χ4n) is 2.39. The highest BCUT2D eigenvalue weighted by atomic mass is 35.5. The Hall–Kier alpha value is -1.59. The van der Waals surface area contributed by atoms with Crippen molar-refractivity contribution in [3.63, 3.8) is 0 Å². The number of amides is 2. The Morgan fingerprint density at radius 3 is 2.71 bits per heavy atom. The van der Waals surface area contributed by atoms with Crippen LogP contribution in [0.25, 0.3) is 0 Å². The molecule has 0 radical (unpaired) electrons. The molecule has 0 unspecified atom stereocenters. The first-order valence-electron chi connectivity index (χ1n) is 7.21. The Bertz CT molecular complexity index is 528. The third-order valence-electron chi connectivity index (χ3n) is 3.53. The van der Waals surface area contributed by atoms with Gasteiger partial charge in [-0.25, -0.2) is 0 Å². The molecule has 5 nitrogen and oxygen atoms in total. The molecule has 2 amide bonds. The van der Waals surface area contributed by atoms with Crippen molar-refractivity contribution in [3.05, 3.63) is 28.8 Å². The van der Waals surface area contributed by atoms with Crippen molar-refractivity contribution in [3.8, 4) is 0 Å². The molecule has 1 heterocycles. The Morgan fingerprint density at radius 1 is 1.33 bits per heavy atom. The number of rotatable bonds is 4. The lowest BCUT2D eigenvalue weighted by Crippen LogP contribution is -2.35. The highest BCUT2D eigenvalue weighted by molar-refractivity contribution is 6.31. The molecule has 1 aromatic rings. The minimum absolute atomic E-state index is 0.0210. The molecule has 0 aliphatic carbocycles. The van der Waals surface area contributed by atoms with Gasteiger partial charge in [0.1, 0.15) is 0 Å². The number of benzene rings is 1. The van der Waals surface area contributed by atoms with E-state index in [4.69, 9.17) is 11.6 Å². The molecule has 0 atom stereocenters. The minimum atomic E-state index is -0.213. The summed E-state index contributed by atoms with van der Waals surface area (Å²) >= 11 is 5.97. The smallest absolute Gasteiger partial charge is 0.253 e. The van der Waals surface area contributed by atoms with Crippen LogP contribution in [-0.4, -0.2) is 31.4 Å². The van der Waals surface area contributed by atoms with Crippen molar-refractivity contribution in [1.29, 1.82) is 0 Å². The van der Waals surface area contributed by atoms with Crippen molar-refractivity contribution in [2.45, 2.75) is 19.8 Å². The summed E-state index contributed by atoms with van der Waals surface area (Å²) in [5, 5.41) is 9.29. The minimum Gasteiger partial charge on any atom is -0.352 e. The number of anilines is 1. The van der Waals surface area contributed by atoms with Crippen molar-refractivity contribution >= 4 is 29.1 Å². The Morgan fingerprint density at radius 2 is 2.05 bits per heavy atom. The van der Waals surface area contributed by atoms with Crippen LogP contribution in [0.3, 0.4) is 0 Å². The first-order valence-corrected chi connectivity index (χ1v) is 7.59. The summed E-state index contributed by atoms with van der Waals surface area (Å²) in [4.78, 5) is 24.3. The van der Waals surface area contributed by atoms with E-state index >= 15 is 0 Å². The molecule has 1 saturated heterocycles. The average Bonchev–Trinajstić information content (AvgIpc) is 2.48. The van der Waals surface area contributed by atoms with Crippen molar-refractivity contribution < 1.29 is 9.59 Å². The van der Waals surface area contributed by atoms with E-state index in [-0.39, 0.29) is 17.7 Å². The molecule has 6 heteroatoms. The van der Waals surface area contributed by atoms with Gasteiger partial charge in [-0.1, -0.05) is 11.6 Å². The topological polar surface area (TPSA) is 70.2 Å². The maximum atomic E-state index is 12.3. The molecule has 2 rings (SSSR count). The predicted molar refractivity (Wildman–Crippen MR) is 83.7 cm³/mol. The molecule has 0 spiro atoms. The van der Waals surface area contributed by atoms with Crippen LogP contribution in [0.1, 0.15) is 30.1 Å². The molecule has 1 aliphatic rings. The fraction of sp³-hybridized carbons (Fsp3) is 0.467. The van der Waals surface area contributed by atoms with Gasteiger partial charge < -0.3 is 16.0 Å². The average molecular weight is 310 g/mol. The zero-order valence-electron chi connectivity index (χ0n) is 12.0. The molecule has 0 aromatic heterocycles. The second-order valence-corrected chi connectivity index (χ2v) is 5.50. The number of nitrogens with one attached hydrogen (secondary N) is 3. The maximum Gasteiger partial charge on any atom is 0.253 e. The molecular formula is C15H20ClN3O2. The van der Waals surface area contributed by atoms with Crippen LogP contribution in [0.15, 0.2) is 18.2 Å². The lowest BCUT2D eigenvalue weighted by atomic mass is 9.97. The largest absolute Gasteiger partial charge is 0.352 e. The summed E-state index contributed by atoms with van der Waals surface area (Å²) in [6, 6.07) is 4.89. The quantitative estimate of drug-likeness (QED) is 0.797. The van der Waals surface area contributed by atoms with Gasteiger partial charge in [-0.05, 0) is 51.1 Å². The van der Waals surface area contributed by atoms with Gasteiger partial charge in [0.2, 0.25) is 5.91 Å². The number of carbonyl (C=O) groups is 2. The van der Waals surface area contributed by atoms with Crippen LogP contribution >= 0.6 is 11.6 Å². The molecule has 1 fully saturated rings. The maximum absolute atomic E-state index is 12.3. The lowest BCUT2D eigenvalue weighted by molar-refractivity contribution is -0.120. The highest BCUT2D eigenvalue weighted by Crippen LogP contribution is 2.23. The SMILES string of the molecule is CCNC(=O)c1ccc(Cl)cc1NC(=O)C1CCNCC1. The zero-order valence-corrected chi connectivity index (χ0v) is 12.8. The van der Waals surface area contributed by atoms with Crippen LogP contribution in [0.5, 0.6) is 0 Å². The van der Waals surface area contributed by atoms with Gasteiger partial charge in [-0.2, -0.15) is 0 Å². The molecule has 0 bridgehead atoms. The third-order valence-corrected chi connectivity index (χ3v) is 3.77. The first-order chi connectivity index (χ1) is 10.1. The van der Waals surface area contributed by atoms with Gasteiger partial charge in [0.15, 0.2) is 0 Å². The van der Waals surface area contributed by atoms with Crippen LogP contribution in [0, 0.1) is 5.92 Å². The van der Waals surface area contributed by atoms with E-state index in [0.717, 1.165) is 25.9 Å². The highest BCUT2D eigenvalue weighted by Gasteiger charge is 2.22. The van der Waals surface area contributed by atoms with Gasteiger partial charge in [0.25, 0.3) is 5.91 Å². The van der Waals surface area contributed by atoms with Crippen LogP contribution in [0.2, 0.25) is 5.02 Å². The lowest BCUT2D eigenvalue weighted by Gasteiger charge is -2.22. The molecular weight excluding hydrogens is 290 g/mol. The van der Waals surface area contributed by atoms with Gasteiger partial charge in [-0.3, -0.25) is 9.59 Å². The summed E-state index contributed by atoms with van der Waals surface area (Å²) in [5.41, 5.74) is 0.903. The Balaban J connectivity index is 2.15. The van der Waals surface area contributed by atoms with E-state index in [1.807, 2.05) is 6.92 Å². The van der Waals surface area contributed by atoms with Gasteiger partial charge >= 0.3 is 0 Å². The monoisotopic (exact) mass is 309 g/mol. The van der Waals surface area contributed by atoms with E-state index in [0.29, 0.717) is 22.8 Å². The van der Waals surface area contributed by atoms with Crippen molar-refractivity contribution in [2.24, 2.45) is 5.92 Å². The van der Waals surface area contributed by atoms with Crippen LogP contribution < -0.4 is 16.0 Å². The van der Waals surface area contributed by atoms with Crippen molar-refractivity contribution in [2.75, 3.05) is 25.0 Å². The molecule has 0 saturated carbocycles. The number of halogens is 1. The molecule has 21 heavy (non-hydrogen) atoms. The van der Waals surface area contributed by atoms with Gasteiger partial charge in [0, 0.05) is 17.5 Å². The second-order valence-electron chi connectivity index (χ2n) is 5.06.